The van der Waals surface area contributed by atoms with Crippen molar-refractivity contribution in [1.82, 2.24) is 0 Å². The molecule has 38 heavy (non-hydrogen) atoms. The molecule has 0 aliphatic carbocycles. The van der Waals surface area contributed by atoms with Crippen LogP contribution in [0.15, 0.2) is 64.4 Å². The summed E-state index contributed by atoms with van der Waals surface area (Å²) in [6.45, 7) is 31.2. The lowest BCUT2D eigenvalue weighted by atomic mass is 9.95. The number of Topliss-reactive ketones (excluding diaryl/α,β-unsaturated/α-hetero) is 1. The standard InChI is InChI=1S/C24H31NO2.C5H12.C4H10.C2H6/c1-8-12-25-15-23(21(7)26)24(27)14-18(4)17(3)13-19(5)22-11-9-10-16(2)20(22)6;1-3-5-4-2;1-4(2)3;1-2/h9-11,13-15,27H,5,8,12H2,1-4,6-7H3;3-5H2,1-2H3;4H,1-3H3;1-2H3/b17-13+,18-14+,24-23-,25-15?;;;. The van der Waals surface area contributed by atoms with Crippen LogP contribution in [-0.2, 0) is 4.79 Å². The van der Waals surface area contributed by atoms with Crippen LogP contribution < -0.4 is 0 Å². The number of aliphatic hydroxyl groups excluding tert-OH is 1. The van der Waals surface area contributed by atoms with E-state index >= 15 is 0 Å². The first-order valence-corrected chi connectivity index (χ1v) is 14.4. The quantitative estimate of drug-likeness (QED) is 0.143. The van der Waals surface area contributed by atoms with Crippen LogP contribution in [0, 0.1) is 19.8 Å². The molecule has 0 amide bonds. The van der Waals surface area contributed by atoms with Crippen molar-refractivity contribution >= 4 is 17.6 Å². The number of aliphatic hydroxyl groups is 1. The number of allylic oxidation sites excluding steroid dienone is 6. The molecule has 0 aromatic heterocycles. The summed E-state index contributed by atoms with van der Waals surface area (Å²) in [7, 11) is 0. The molecule has 1 aromatic rings. The van der Waals surface area contributed by atoms with Crippen LogP contribution in [0.2, 0.25) is 0 Å². The van der Waals surface area contributed by atoms with Crippen molar-refractivity contribution in [3.05, 3.63) is 76.1 Å². The van der Waals surface area contributed by atoms with E-state index in [2.05, 4.69) is 72.2 Å². The molecule has 0 unspecified atom stereocenters. The van der Waals surface area contributed by atoms with Gasteiger partial charge in [-0.3, -0.25) is 9.79 Å². The number of aryl methyl sites for hydroxylation is 1. The third-order valence-corrected chi connectivity index (χ3v) is 5.25. The van der Waals surface area contributed by atoms with Gasteiger partial charge in [-0.1, -0.05) is 106 Å². The van der Waals surface area contributed by atoms with Crippen LogP contribution in [0.1, 0.15) is 119 Å². The summed E-state index contributed by atoms with van der Waals surface area (Å²) in [5, 5.41) is 10.4. The van der Waals surface area contributed by atoms with Gasteiger partial charge in [0.25, 0.3) is 0 Å². The lowest BCUT2D eigenvalue weighted by Gasteiger charge is -2.10. The normalized spacial score (nSPS) is 11.9. The minimum absolute atomic E-state index is 0.0649. The molecule has 3 heteroatoms. The first-order valence-electron chi connectivity index (χ1n) is 14.4. The molecule has 1 aromatic carbocycles. The Kier molecular flexibility index (Phi) is 25.8. The topological polar surface area (TPSA) is 49.7 Å². The van der Waals surface area contributed by atoms with Gasteiger partial charge in [0.05, 0.1) is 5.57 Å². The van der Waals surface area contributed by atoms with Gasteiger partial charge in [0, 0.05) is 12.8 Å². The van der Waals surface area contributed by atoms with Crippen molar-refractivity contribution in [2.75, 3.05) is 6.54 Å². The van der Waals surface area contributed by atoms with Gasteiger partial charge in [0.2, 0.25) is 0 Å². The molecular formula is C35H59NO2. The third-order valence-electron chi connectivity index (χ3n) is 5.25. The van der Waals surface area contributed by atoms with Crippen molar-refractivity contribution < 1.29 is 9.90 Å². The molecule has 0 saturated heterocycles. The number of carbonyl (C=O) groups excluding carboxylic acids is 1. The maximum Gasteiger partial charge on any atom is 0.165 e. The van der Waals surface area contributed by atoms with E-state index in [-0.39, 0.29) is 17.1 Å². The summed E-state index contributed by atoms with van der Waals surface area (Å²) >= 11 is 0. The summed E-state index contributed by atoms with van der Waals surface area (Å²) in [6, 6.07) is 6.17. The Labute approximate surface area is 236 Å². The van der Waals surface area contributed by atoms with Crippen molar-refractivity contribution in [2.45, 2.75) is 116 Å². The molecule has 0 radical (unpaired) electrons. The molecule has 3 nitrogen and oxygen atoms in total. The number of hydrogen-bond acceptors (Lipinski definition) is 3. The largest absolute Gasteiger partial charge is 0.507 e. The first kappa shape index (κ1) is 39.8. The number of unbranched alkanes of at least 4 members (excludes halogenated alkanes) is 2. The molecule has 0 aliphatic heterocycles. The molecule has 0 fully saturated rings. The van der Waals surface area contributed by atoms with E-state index in [1.165, 1.54) is 43.5 Å². The van der Waals surface area contributed by atoms with E-state index in [9.17, 15) is 9.90 Å². The van der Waals surface area contributed by atoms with E-state index in [0.29, 0.717) is 6.54 Å². The van der Waals surface area contributed by atoms with Crippen LogP contribution in [-0.4, -0.2) is 23.6 Å². The molecule has 0 saturated carbocycles. The molecule has 0 bridgehead atoms. The summed E-state index contributed by atoms with van der Waals surface area (Å²) < 4.78 is 0. The van der Waals surface area contributed by atoms with Gasteiger partial charge in [-0.2, -0.15) is 0 Å². The molecule has 1 N–H and O–H groups in total. The summed E-state index contributed by atoms with van der Waals surface area (Å²) in [5.74, 6) is 0.558. The zero-order valence-corrected chi connectivity index (χ0v) is 27.1. The highest BCUT2D eigenvalue weighted by Gasteiger charge is 2.08. The smallest absolute Gasteiger partial charge is 0.165 e. The summed E-state index contributed by atoms with van der Waals surface area (Å²) in [6.07, 6.45) is 10.0. The number of ketones is 1. The molecule has 1 rings (SSSR count). The minimum Gasteiger partial charge on any atom is -0.507 e. The third kappa shape index (κ3) is 19.4. The van der Waals surface area contributed by atoms with Gasteiger partial charge in [-0.05, 0) is 86.4 Å². The number of hydrogen-bond donors (Lipinski definition) is 1. The van der Waals surface area contributed by atoms with E-state index in [1.807, 2.05) is 46.8 Å². The Morgan fingerprint density at radius 3 is 1.87 bits per heavy atom. The zero-order valence-electron chi connectivity index (χ0n) is 27.1. The fourth-order valence-corrected chi connectivity index (χ4v) is 2.92. The number of carbonyl (C=O) groups is 1. The number of nitrogens with zero attached hydrogens (tertiary/aromatic N) is 1. The number of rotatable bonds is 10. The van der Waals surface area contributed by atoms with Crippen molar-refractivity contribution in [1.29, 1.82) is 0 Å². The SMILES string of the molecule is C=C(/C=C(C)/C(C)=C/C(O)=C(\C=NCCC)C(C)=O)c1cccc(C)c1C.CC.CC(C)C.CCCCC. The molecule has 0 aliphatic rings. The van der Waals surface area contributed by atoms with Gasteiger partial charge >= 0.3 is 0 Å². The zero-order chi connectivity index (χ0) is 30.3. The predicted molar refractivity (Wildman–Crippen MR) is 174 cm³/mol. The Morgan fingerprint density at radius 1 is 0.947 bits per heavy atom. The number of benzene rings is 1. The Balaban J connectivity index is -0.000000942. The van der Waals surface area contributed by atoms with Gasteiger partial charge in [-0.15, -0.1) is 0 Å². The summed E-state index contributed by atoms with van der Waals surface area (Å²) in [5.41, 5.74) is 6.53. The highest BCUT2D eigenvalue weighted by Crippen LogP contribution is 2.24. The summed E-state index contributed by atoms with van der Waals surface area (Å²) in [4.78, 5) is 16.0. The van der Waals surface area contributed by atoms with E-state index in [4.69, 9.17) is 0 Å². The van der Waals surface area contributed by atoms with Crippen LogP contribution in [0.25, 0.3) is 5.57 Å². The van der Waals surface area contributed by atoms with E-state index in [1.54, 1.807) is 6.08 Å². The molecule has 0 heterocycles. The Hall–Kier alpha value is -2.68. The maximum atomic E-state index is 11.8. The van der Waals surface area contributed by atoms with Gasteiger partial charge < -0.3 is 5.11 Å². The second kappa shape index (κ2) is 24.6. The number of aliphatic imine (C=N–C) groups is 1. The molecular weight excluding hydrogens is 466 g/mol. The van der Waals surface area contributed by atoms with Crippen LogP contribution in [0.3, 0.4) is 0 Å². The highest BCUT2D eigenvalue weighted by molar-refractivity contribution is 6.12. The first-order chi connectivity index (χ1) is 17.8. The molecule has 0 atom stereocenters. The monoisotopic (exact) mass is 525 g/mol. The van der Waals surface area contributed by atoms with Gasteiger partial charge in [0.1, 0.15) is 5.76 Å². The highest BCUT2D eigenvalue weighted by atomic mass is 16.3. The molecule has 0 spiro atoms. The Bertz CT molecular complexity index is 922. The van der Waals surface area contributed by atoms with Crippen molar-refractivity contribution in [2.24, 2.45) is 10.9 Å². The van der Waals surface area contributed by atoms with Gasteiger partial charge in [0.15, 0.2) is 5.78 Å². The van der Waals surface area contributed by atoms with E-state index in [0.717, 1.165) is 34.6 Å². The second-order valence-corrected chi connectivity index (χ2v) is 9.90. The maximum absolute atomic E-state index is 11.8. The molecule has 216 valence electrons. The van der Waals surface area contributed by atoms with Crippen LogP contribution in [0.4, 0.5) is 0 Å². The average molecular weight is 526 g/mol. The minimum atomic E-state index is -0.210. The van der Waals surface area contributed by atoms with Crippen LogP contribution >= 0.6 is 0 Å². The predicted octanol–water partition coefficient (Wildman–Crippen LogP) is 11.0. The van der Waals surface area contributed by atoms with Crippen LogP contribution in [0.5, 0.6) is 0 Å². The fraction of sp³-hybridized carbons (Fsp3) is 0.543. The Morgan fingerprint density at radius 2 is 1.45 bits per heavy atom. The lowest BCUT2D eigenvalue weighted by Crippen LogP contribution is -2.03. The lowest BCUT2D eigenvalue weighted by molar-refractivity contribution is -0.113. The van der Waals surface area contributed by atoms with Crippen molar-refractivity contribution in [3.8, 4) is 0 Å². The van der Waals surface area contributed by atoms with Gasteiger partial charge in [-0.25, -0.2) is 0 Å². The van der Waals surface area contributed by atoms with Crippen molar-refractivity contribution in [3.63, 3.8) is 0 Å². The fourth-order valence-electron chi connectivity index (χ4n) is 2.92. The van der Waals surface area contributed by atoms with E-state index < -0.39 is 0 Å². The average Bonchev–Trinajstić information content (AvgIpc) is 2.84. The second-order valence-electron chi connectivity index (χ2n) is 9.90.